The zero-order chi connectivity index (χ0) is 14.4. The number of rotatable bonds is 5. The summed E-state index contributed by atoms with van der Waals surface area (Å²) in [6, 6.07) is 5.68. The molecule has 0 saturated carbocycles. The van der Waals surface area contributed by atoms with Gasteiger partial charge in [-0.15, -0.1) is 0 Å². The van der Waals surface area contributed by atoms with E-state index in [2.05, 4.69) is 27.8 Å². The molecule has 6 heteroatoms. The van der Waals surface area contributed by atoms with Gasteiger partial charge in [0.1, 0.15) is 5.75 Å². The number of hydrogen-bond acceptors (Lipinski definition) is 5. The minimum atomic E-state index is 0.599. The van der Waals surface area contributed by atoms with E-state index in [4.69, 9.17) is 16.3 Å². The SMILES string of the molecule is CCCOc1ccc(C(C)=NNC2=NCCN2)cc1Cl. The third-order valence-corrected chi connectivity index (χ3v) is 3.11. The molecule has 0 bridgehead atoms. The standard InChI is InChI=1S/C14H19ClN4O/c1-3-8-20-13-5-4-11(9-12(13)15)10(2)18-19-14-16-6-7-17-14/h4-5,9H,3,6-8H2,1-2H3,(H2,16,17,19). The van der Waals surface area contributed by atoms with Gasteiger partial charge < -0.3 is 10.1 Å². The lowest BCUT2D eigenvalue weighted by atomic mass is 10.1. The Morgan fingerprint density at radius 2 is 2.40 bits per heavy atom. The van der Waals surface area contributed by atoms with Gasteiger partial charge in [0.25, 0.3) is 0 Å². The highest BCUT2D eigenvalue weighted by Gasteiger charge is 2.06. The van der Waals surface area contributed by atoms with E-state index < -0.39 is 0 Å². The Labute approximate surface area is 124 Å². The molecule has 1 heterocycles. The van der Waals surface area contributed by atoms with Crippen LogP contribution in [0.4, 0.5) is 0 Å². The Balaban J connectivity index is 2.04. The van der Waals surface area contributed by atoms with E-state index in [0.29, 0.717) is 23.3 Å². The Hall–Kier alpha value is -1.75. The third kappa shape index (κ3) is 3.87. The molecule has 0 unspecified atom stereocenters. The van der Waals surface area contributed by atoms with Gasteiger partial charge in [0.15, 0.2) is 0 Å². The van der Waals surface area contributed by atoms with Crippen molar-refractivity contribution in [2.75, 3.05) is 19.7 Å². The van der Waals surface area contributed by atoms with E-state index >= 15 is 0 Å². The van der Waals surface area contributed by atoms with Crippen LogP contribution in [0.1, 0.15) is 25.8 Å². The normalized spacial score (nSPS) is 14.8. The lowest BCUT2D eigenvalue weighted by molar-refractivity contribution is 0.317. The average molecular weight is 295 g/mol. The Bertz CT molecular complexity index is 528. The molecule has 108 valence electrons. The zero-order valence-corrected chi connectivity index (χ0v) is 12.5. The summed E-state index contributed by atoms with van der Waals surface area (Å²) in [5.41, 5.74) is 4.69. The molecular formula is C14H19ClN4O. The first-order valence-corrected chi connectivity index (χ1v) is 7.10. The first-order valence-electron chi connectivity index (χ1n) is 6.72. The van der Waals surface area contributed by atoms with Crippen molar-refractivity contribution in [2.45, 2.75) is 20.3 Å². The Kier molecular flexibility index (Phi) is 5.24. The summed E-state index contributed by atoms with van der Waals surface area (Å²) < 4.78 is 5.55. The van der Waals surface area contributed by atoms with Crippen molar-refractivity contribution in [3.05, 3.63) is 28.8 Å². The monoisotopic (exact) mass is 294 g/mol. The largest absolute Gasteiger partial charge is 0.492 e. The van der Waals surface area contributed by atoms with Crippen molar-refractivity contribution in [1.82, 2.24) is 10.7 Å². The smallest absolute Gasteiger partial charge is 0.212 e. The van der Waals surface area contributed by atoms with Gasteiger partial charge in [0.05, 0.1) is 23.9 Å². The summed E-state index contributed by atoms with van der Waals surface area (Å²) in [7, 11) is 0. The second-order valence-corrected chi connectivity index (χ2v) is 4.87. The van der Waals surface area contributed by atoms with Crippen LogP contribution in [0.2, 0.25) is 5.02 Å². The molecule has 0 atom stereocenters. The lowest BCUT2D eigenvalue weighted by Gasteiger charge is -2.09. The summed E-state index contributed by atoms with van der Waals surface area (Å²) in [6.45, 7) is 6.28. The molecule has 1 aliphatic rings. The summed E-state index contributed by atoms with van der Waals surface area (Å²) in [5, 5.41) is 7.97. The van der Waals surface area contributed by atoms with E-state index in [9.17, 15) is 0 Å². The van der Waals surface area contributed by atoms with E-state index in [1.807, 2.05) is 25.1 Å². The number of halogens is 1. The first-order chi connectivity index (χ1) is 9.70. The highest BCUT2D eigenvalue weighted by molar-refractivity contribution is 6.32. The molecule has 5 nitrogen and oxygen atoms in total. The van der Waals surface area contributed by atoms with Crippen LogP contribution in [0.15, 0.2) is 28.3 Å². The van der Waals surface area contributed by atoms with Gasteiger partial charge in [-0.3, -0.25) is 0 Å². The molecule has 1 aliphatic heterocycles. The fourth-order valence-electron chi connectivity index (χ4n) is 1.73. The van der Waals surface area contributed by atoms with Crippen molar-refractivity contribution in [1.29, 1.82) is 0 Å². The van der Waals surface area contributed by atoms with Gasteiger partial charge in [-0.05, 0) is 37.1 Å². The second-order valence-electron chi connectivity index (χ2n) is 4.46. The number of hydrazone groups is 1. The molecule has 2 rings (SSSR count). The van der Waals surface area contributed by atoms with Crippen molar-refractivity contribution in [2.24, 2.45) is 10.1 Å². The molecule has 0 fully saturated rings. The van der Waals surface area contributed by atoms with Crippen molar-refractivity contribution in [3.8, 4) is 5.75 Å². The minimum absolute atomic E-state index is 0.599. The summed E-state index contributed by atoms with van der Waals surface area (Å²) in [6.07, 6.45) is 0.956. The summed E-state index contributed by atoms with van der Waals surface area (Å²) >= 11 is 6.20. The van der Waals surface area contributed by atoms with Crippen molar-refractivity contribution >= 4 is 23.3 Å². The molecule has 1 aromatic carbocycles. The molecule has 0 amide bonds. The highest BCUT2D eigenvalue weighted by atomic mass is 35.5. The van der Waals surface area contributed by atoms with Gasteiger partial charge in [-0.2, -0.15) is 5.10 Å². The van der Waals surface area contributed by atoms with Crippen LogP contribution in [0.25, 0.3) is 0 Å². The van der Waals surface area contributed by atoms with Crippen molar-refractivity contribution < 1.29 is 4.74 Å². The Morgan fingerprint density at radius 1 is 1.55 bits per heavy atom. The van der Waals surface area contributed by atoms with Gasteiger partial charge in [-0.25, -0.2) is 10.4 Å². The highest BCUT2D eigenvalue weighted by Crippen LogP contribution is 2.25. The van der Waals surface area contributed by atoms with Gasteiger partial charge in [0, 0.05) is 6.54 Å². The van der Waals surface area contributed by atoms with Gasteiger partial charge in [0.2, 0.25) is 5.96 Å². The molecule has 2 N–H and O–H groups in total. The number of nitrogens with zero attached hydrogens (tertiary/aromatic N) is 2. The van der Waals surface area contributed by atoms with Crippen LogP contribution in [-0.2, 0) is 0 Å². The summed E-state index contributed by atoms with van der Waals surface area (Å²) in [5.74, 6) is 1.42. The van der Waals surface area contributed by atoms with E-state index in [1.165, 1.54) is 0 Å². The molecule has 0 aromatic heterocycles. The Morgan fingerprint density at radius 3 is 3.05 bits per heavy atom. The van der Waals surface area contributed by atoms with E-state index in [0.717, 1.165) is 30.8 Å². The number of guanidine groups is 1. The molecule has 0 radical (unpaired) electrons. The summed E-state index contributed by atoms with van der Waals surface area (Å²) in [4.78, 5) is 4.21. The average Bonchev–Trinajstić information content (AvgIpc) is 2.96. The van der Waals surface area contributed by atoms with Crippen LogP contribution in [0, 0.1) is 0 Å². The molecule has 0 spiro atoms. The zero-order valence-electron chi connectivity index (χ0n) is 11.7. The third-order valence-electron chi connectivity index (χ3n) is 2.82. The predicted molar refractivity (Wildman–Crippen MR) is 82.9 cm³/mol. The van der Waals surface area contributed by atoms with Gasteiger partial charge >= 0.3 is 0 Å². The quantitative estimate of drug-likeness (QED) is 0.648. The first kappa shape index (κ1) is 14.7. The van der Waals surface area contributed by atoms with Gasteiger partial charge in [-0.1, -0.05) is 18.5 Å². The lowest BCUT2D eigenvalue weighted by Crippen LogP contribution is -2.30. The van der Waals surface area contributed by atoms with Crippen molar-refractivity contribution in [3.63, 3.8) is 0 Å². The number of nitrogens with one attached hydrogen (secondary N) is 2. The maximum Gasteiger partial charge on any atom is 0.212 e. The molecule has 1 aromatic rings. The maximum atomic E-state index is 6.20. The van der Waals surface area contributed by atoms with Crippen LogP contribution in [0.3, 0.4) is 0 Å². The molecule has 0 aliphatic carbocycles. The number of aliphatic imine (C=N–C) groups is 1. The molecular weight excluding hydrogens is 276 g/mol. The van der Waals surface area contributed by atoms with E-state index in [1.54, 1.807) is 0 Å². The van der Waals surface area contributed by atoms with Crippen LogP contribution in [0.5, 0.6) is 5.75 Å². The number of ether oxygens (including phenoxy) is 1. The number of benzene rings is 1. The van der Waals surface area contributed by atoms with Crippen LogP contribution in [-0.4, -0.2) is 31.4 Å². The maximum absolute atomic E-state index is 6.20. The fourth-order valence-corrected chi connectivity index (χ4v) is 1.96. The fraction of sp³-hybridized carbons (Fsp3) is 0.429. The number of hydrogen-bond donors (Lipinski definition) is 2. The second kappa shape index (κ2) is 7.14. The van der Waals surface area contributed by atoms with Crippen LogP contribution >= 0.6 is 11.6 Å². The van der Waals surface area contributed by atoms with E-state index in [-0.39, 0.29) is 0 Å². The predicted octanol–water partition coefficient (Wildman–Crippen LogP) is 2.40. The topological polar surface area (TPSA) is 58.0 Å². The van der Waals surface area contributed by atoms with Crippen LogP contribution < -0.4 is 15.5 Å². The molecule has 20 heavy (non-hydrogen) atoms. The minimum Gasteiger partial charge on any atom is -0.492 e. The molecule has 0 saturated heterocycles.